The van der Waals surface area contributed by atoms with E-state index in [1.165, 1.54) is 89.5 Å². The van der Waals surface area contributed by atoms with Crippen LogP contribution in [0.1, 0.15) is 118 Å². The summed E-state index contributed by atoms with van der Waals surface area (Å²) in [6.45, 7) is 12.6. The second-order valence-corrected chi connectivity index (χ2v) is 13.3. The van der Waals surface area contributed by atoms with E-state index in [0.29, 0.717) is 23.4 Å². The van der Waals surface area contributed by atoms with E-state index in [4.69, 9.17) is 4.74 Å². The van der Waals surface area contributed by atoms with E-state index in [-0.39, 0.29) is 5.97 Å². The van der Waals surface area contributed by atoms with Crippen LogP contribution in [-0.2, 0) is 9.53 Å². The number of ether oxygens (including phenoxy) is 1. The number of hydrogen-bond donors (Lipinski definition) is 0. The zero-order chi connectivity index (χ0) is 23.6. The fourth-order valence-electron chi connectivity index (χ4n) is 9.75. The lowest BCUT2D eigenvalue weighted by Gasteiger charge is -2.61. The Hall–Kier alpha value is -0.790. The summed E-state index contributed by atoms with van der Waals surface area (Å²) in [4.78, 5) is 11.6. The average molecular weight is 457 g/mol. The summed E-state index contributed by atoms with van der Waals surface area (Å²) in [6.07, 6.45) is 22.1. The smallest absolute Gasteiger partial charge is 0.330 e. The minimum Gasteiger partial charge on any atom is -0.462 e. The molecule has 0 amide bonds. The fourth-order valence-corrected chi connectivity index (χ4v) is 9.75. The SMILES string of the molecule is C/C=C/C(=O)OCC(C)CCC[C@@H](C)[C@H]1CC[C@H]2[C@@H]3CCC4CCCC[C@]4(C)[C@H]3CC[C@]12C. The van der Waals surface area contributed by atoms with Crippen molar-refractivity contribution in [2.45, 2.75) is 118 Å². The molecule has 4 fully saturated rings. The van der Waals surface area contributed by atoms with Crippen LogP contribution in [-0.4, -0.2) is 12.6 Å². The number of hydrogen-bond acceptors (Lipinski definition) is 2. The van der Waals surface area contributed by atoms with E-state index in [2.05, 4.69) is 27.7 Å². The Morgan fingerprint density at radius 3 is 2.52 bits per heavy atom. The van der Waals surface area contributed by atoms with E-state index in [1.54, 1.807) is 6.08 Å². The van der Waals surface area contributed by atoms with Crippen molar-refractivity contribution in [3.8, 4) is 0 Å². The van der Waals surface area contributed by atoms with Gasteiger partial charge < -0.3 is 4.74 Å². The Morgan fingerprint density at radius 2 is 1.73 bits per heavy atom. The molecule has 2 unspecified atom stereocenters. The summed E-state index contributed by atoms with van der Waals surface area (Å²) in [5.41, 5.74) is 1.25. The van der Waals surface area contributed by atoms with Gasteiger partial charge in [-0.15, -0.1) is 0 Å². The van der Waals surface area contributed by atoms with Crippen LogP contribution in [0, 0.1) is 52.3 Å². The van der Waals surface area contributed by atoms with Gasteiger partial charge >= 0.3 is 5.97 Å². The quantitative estimate of drug-likeness (QED) is 0.270. The predicted octanol–water partition coefficient (Wildman–Crippen LogP) is 8.60. The van der Waals surface area contributed by atoms with Crippen molar-refractivity contribution in [1.29, 1.82) is 0 Å². The summed E-state index contributed by atoms with van der Waals surface area (Å²) < 4.78 is 5.36. The largest absolute Gasteiger partial charge is 0.462 e. The molecule has 188 valence electrons. The van der Waals surface area contributed by atoms with Crippen molar-refractivity contribution in [3.05, 3.63) is 12.2 Å². The number of carbonyl (C=O) groups excluding carboxylic acids is 1. The first kappa shape index (κ1) is 25.3. The maximum atomic E-state index is 11.6. The molecular weight excluding hydrogens is 404 g/mol. The van der Waals surface area contributed by atoms with E-state index in [1.807, 2.05) is 6.92 Å². The minimum absolute atomic E-state index is 0.200. The van der Waals surface area contributed by atoms with Gasteiger partial charge in [0.15, 0.2) is 0 Å². The van der Waals surface area contributed by atoms with Gasteiger partial charge in [0, 0.05) is 6.08 Å². The fraction of sp³-hybridized carbons (Fsp3) is 0.903. The standard InChI is InChI=1S/C31H52O2/c1-6-10-29(32)33-21-22(2)11-9-12-23(3)26-16-17-27-25-15-14-24-13-7-8-19-30(24,4)28(25)18-20-31(26,27)5/h6,10,22-28H,7-9,11-21H2,1-5H3/b10-6+/t22?,23-,24?,25+,26-,27+,28+,30+,31-/m1/s1. The average Bonchev–Trinajstić information content (AvgIpc) is 3.15. The third kappa shape index (κ3) is 4.97. The summed E-state index contributed by atoms with van der Waals surface area (Å²) in [5, 5.41) is 0. The Bertz CT molecular complexity index is 697. The highest BCUT2D eigenvalue weighted by Crippen LogP contribution is 2.68. The molecule has 2 heteroatoms. The van der Waals surface area contributed by atoms with Crippen molar-refractivity contribution in [2.24, 2.45) is 52.3 Å². The van der Waals surface area contributed by atoms with Gasteiger partial charge in [-0.25, -0.2) is 4.79 Å². The zero-order valence-electron chi connectivity index (χ0n) is 22.4. The summed E-state index contributed by atoms with van der Waals surface area (Å²) in [7, 11) is 0. The van der Waals surface area contributed by atoms with Crippen LogP contribution < -0.4 is 0 Å². The molecule has 0 spiro atoms. The lowest BCUT2D eigenvalue weighted by atomic mass is 9.44. The molecule has 4 saturated carbocycles. The van der Waals surface area contributed by atoms with Crippen LogP contribution in [0.15, 0.2) is 12.2 Å². The monoisotopic (exact) mass is 456 g/mol. The van der Waals surface area contributed by atoms with Crippen LogP contribution in [0.3, 0.4) is 0 Å². The molecule has 0 heterocycles. The molecule has 0 aliphatic heterocycles. The molecule has 4 rings (SSSR count). The highest BCUT2D eigenvalue weighted by molar-refractivity contribution is 5.81. The van der Waals surface area contributed by atoms with Crippen molar-refractivity contribution in [2.75, 3.05) is 6.61 Å². The van der Waals surface area contributed by atoms with E-state index in [9.17, 15) is 4.79 Å². The molecule has 0 bridgehead atoms. The van der Waals surface area contributed by atoms with Crippen molar-refractivity contribution in [1.82, 2.24) is 0 Å². The molecule has 4 aliphatic rings. The third-order valence-electron chi connectivity index (χ3n) is 11.5. The first-order valence-electron chi connectivity index (χ1n) is 14.6. The molecule has 0 aromatic heterocycles. The Kier molecular flexibility index (Phi) is 8.01. The van der Waals surface area contributed by atoms with Gasteiger partial charge in [-0.05, 0) is 117 Å². The van der Waals surface area contributed by atoms with Crippen LogP contribution in [0.5, 0.6) is 0 Å². The van der Waals surface area contributed by atoms with Gasteiger partial charge in [0.25, 0.3) is 0 Å². The van der Waals surface area contributed by atoms with E-state index >= 15 is 0 Å². The molecular formula is C31H52O2. The van der Waals surface area contributed by atoms with Crippen molar-refractivity contribution < 1.29 is 9.53 Å². The topological polar surface area (TPSA) is 26.3 Å². The highest BCUT2D eigenvalue weighted by atomic mass is 16.5. The first-order valence-corrected chi connectivity index (χ1v) is 14.6. The van der Waals surface area contributed by atoms with Gasteiger partial charge in [-0.2, -0.15) is 0 Å². The Morgan fingerprint density at radius 1 is 0.939 bits per heavy atom. The van der Waals surface area contributed by atoms with Crippen molar-refractivity contribution in [3.63, 3.8) is 0 Å². The lowest BCUT2D eigenvalue weighted by Crippen LogP contribution is -2.53. The first-order chi connectivity index (χ1) is 15.8. The Balaban J connectivity index is 1.30. The van der Waals surface area contributed by atoms with Crippen LogP contribution in [0.2, 0.25) is 0 Å². The number of fused-ring (bicyclic) bond motifs is 5. The predicted molar refractivity (Wildman–Crippen MR) is 138 cm³/mol. The number of allylic oxidation sites excluding steroid dienone is 1. The summed E-state index contributed by atoms with van der Waals surface area (Å²) >= 11 is 0. The van der Waals surface area contributed by atoms with Gasteiger partial charge in [-0.3, -0.25) is 0 Å². The maximum Gasteiger partial charge on any atom is 0.330 e. The number of rotatable bonds is 8. The molecule has 0 aromatic carbocycles. The minimum atomic E-state index is -0.200. The number of carbonyl (C=O) groups is 1. The van der Waals surface area contributed by atoms with Crippen LogP contribution in [0.4, 0.5) is 0 Å². The van der Waals surface area contributed by atoms with Gasteiger partial charge in [0.1, 0.15) is 0 Å². The summed E-state index contributed by atoms with van der Waals surface area (Å²) in [6, 6.07) is 0. The second kappa shape index (κ2) is 10.4. The molecule has 9 atom stereocenters. The Labute approximate surface area is 204 Å². The third-order valence-corrected chi connectivity index (χ3v) is 11.5. The maximum absolute atomic E-state index is 11.6. The summed E-state index contributed by atoms with van der Waals surface area (Å²) in [5.74, 6) is 6.08. The molecule has 0 radical (unpaired) electrons. The molecule has 0 N–H and O–H groups in total. The van der Waals surface area contributed by atoms with Gasteiger partial charge in [0.05, 0.1) is 6.61 Å². The number of esters is 1. The van der Waals surface area contributed by atoms with E-state index in [0.717, 1.165) is 35.5 Å². The van der Waals surface area contributed by atoms with Crippen molar-refractivity contribution >= 4 is 5.97 Å². The lowest BCUT2D eigenvalue weighted by molar-refractivity contribution is -0.139. The molecule has 33 heavy (non-hydrogen) atoms. The highest BCUT2D eigenvalue weighted by Gasteiger charge is 2.60. The van der Waals surface area contributed by atoms with Gasteiger partial charge in [-0.1, -0.05) is 59.5 Å². The zero-order valence-corrected chi connectivity index (χ0v) is 22.4. The van der Waals surface area contributed by atoms with Crippen LogP contribution >= 0.6 is 0 Å². The van der Waals surface area contributed by atoms with Crippen LogP contribution in [0.25, 0.3) is 0 Å². The molecule has 0 saturated heterocycles. The molecule has 4 aliphatic carbocycles. The second-order valence-electron chi connectivity index (χ2n) is 13.3. The normalized spacial score (nSPS) is 42.3. The van der Waals surface area contributed by atoms with Gasteiger partial charge in [0.2, 0.25) is 0 Å². The van der Waals surface area contributed by atoms with E-state index < -0.39 is 0 Å². The molecule has 2 nitrogen and oxygen atoms in total. The molecule has 0 aromatic rings.